The molecule has 2 aromatic carbocycles. The minimum absolute atomic E-state index is 0.127. The highest BCUT2D eigenvalue weighted by Gasteiger charge is 2.11. The number of hydrogen-bond acceptors (Lipinski definition) is 4. The third kappa shape index (κ3) is 3.72. The summed E-state index contributed by atoms with van der Waals surface area (Å²) in [4.78, 5) is 15.8. The predicted molar refractivity (Wildman–Crippen MR) is 90.4 cm³/mol. The van der Waals surface area contributed by atoms with Gasteiger partial charge < -0.3 is 20.2 Å². The summed E-state index contributed by atoms with van der Waals surface area (Å²) in [5.41, 5.74) is 1.45. The number of amides is 2. The molecule has 1 aromatic heterocycles. The molecular formula is C18H19N3O3. The van der Waals surface area contributed by atoms with Crippen LogP contribution in [0.5, 0.6) is 0 Å². The second-order valence-electron chi connectivity index (χ2n) is 5.54. The van der Waals surface area contributed by atoms with Crippen LogP contribution in [0.4, 0.5) is 4.79 Å². The number of benzene rings is 2. The minimum atomic E-state index is -0.769. The van der Waals surface area contributed by atoms with Gasteiger partial charge in [-0.3, -0.25) is 0 Å². The molecule has 0 aliphatic rings. The van der Waals surface area contributed by atoms with Gasteiger partial charge in [-0.1, -0.05) is 36.4 Å². The van der Waals surface area contributed by atoms with E-state index in [1.807, 2.05) is 42.5 Å². The van der Waals surface area contributed by atoms with Crippen LogP contribution in [0.3, 0.4) is 0 Å². The highest BCUT2D eigenvalue weighted by molar-refractivity contribution is 5.83. The lowest BCUT2D eigenvalue weighted by molar-refractivity contribution is 0.173. The van der Waals surface area contributed by atoms with Crippen LogP contribution in [0.25, 0.3) is 10.8 Å². The van der Waals surface area contributed by atoms with E-state index in [0.717, 1.165) is 16.3 Å². The molecule has 0 radical (unpaired) electrons. The Morgan fingerprint density at radius 3 is 2.75 bits per heavy atom. The summed E-state index contributed by atoms with van der Waals surface area (Å²) in [5, 5.41) is 17.8. The number of oxazole rings is 1. The molecule has 6 heteroatoms. The number of fused-ring (bicyclic) bond motifs is 1. The topological polar surface area (TPSA) is 87.4 Å². The number of carbonyl (C=O) groups is 1. The summed E-state index contributed by atoms with van der Waals surface area (Å²) in [5.74, 6) is 0.673. The van der Waals surface area contributed by atoms with Crippen LogP contribution in [0, 0.1) is 6.92 Å². The molecule has 6 nitrogen and oxygen atoms in total. The van der Waals surface area contributed by atoms with E-state index in [1.165, 1.54) is 6.39 Å². The number of urea groups is 1. The molecule has 0 aliphatic carbocycles. The van der Waals surface area contributed by atoms with Crippen LogP contribution in [0.1, 0.15) is 23.1 Å². The first kappa shape index (κ1) is 16.0. The summed E-state index contributed by atoms with van der Waals surface area (Å²) in [6, 6.07) is 13.3. The molecule has 1 unspecified atom stereocenters. The van der Waals surface area contributed by atoms with Gasteiger partial charge in [0.25, 0.3) is 0 Å². The van der Waals surface area contributed by atoms with Crippen molar-refractivity contribution in [2.24, 2.45) is 0 Å². The van der Waals surface area contributed by atoms with Gasteiger partial charge in [0.2, 0.25) is 0 Å². The van der Waals surface area contributed by atoms with Gasteiger partial charge in [-0.25, -0.2) is 9.78 Å². The number of aryl methyl sites for hydroxylation is 1. The monoisotopic (exact) mass is 325 g/mol. The number of nitrogens with one attached hydrogen (secondary N) is 2. The molecule has 3 rings (SSSR count). The summed E-state index contributed by atoms with van der Waals surface area (Å²) in [7, 11) is 0. The fourth-order valence-corrected chi connectivity index (χ4v) is 2.45. The summed E-state index contributed by atoms with van der Waals surface area (Å²) >= 11 is 0. The zero-order chi connectivity index (χ0) is 16.9. The van der Waals surface area contributed by atoms with Crippen LogP contribution in [-0.4, -0.2) is 22.7 Å². The van der Waals surface area contributed by atoms with E-state index in [1.54, 1.807) is 6.92 Å². The van der Waals surface area contributed by atoms with Crippen LogP contribution < -0.4 is 10.6 Å². The molecule has 0 saturated carbocycles. The minimum Gasteiger partial charge on any atom is -0.448 e. The summed E-state index contributed by atoms with van der Waals surface area (Å²) in [6.07, 6.45) is 0.572. The number of carbonyl (C=O) groups excluding carboxylic acids is 1. The van der Waals surface area contributed by atoms with E-state index in [4.69, 9.17) is 4.42 Å². The number of nitrogens with zero attached hydrogens (tertiary/aromatic N) is 1. The van der Waals surface area contributed by atoms with Crippen molar-refractivity contribution in [2.45, 2.75) is 19.6 Å². The van der Waals surface area contributed by atoms with Gasteiger partial charge in [0.05, 0.1) is 12.6 Å². The highest BCUT2D eigenvalue weighted by atomic mass is 16.3. The van der Waals surface area contributed by atoms with Crippen LogP contribution in [-0.2, 0) is 6.54 Å². The standard InChI is InChI=1S/C18H19N3O3/c1-12-16(21-11-24-12)9-19-18(23)20-10-17(22)15-7-6-13-4-2-3-5-14(13)8-15/h2-8,11,17,22H,9-10H2,1H3,(H2,19,20,23). The molecule has 1 heterocycles. The van der Waals surface area contributed by atoms with Gasteiger partial charge in [-0.2, -0.15) is 0 Å². The molecule has 3 N–H and O–H groups in total. The fourth-order valence-electron chi connectivity index (χ4n) is 2.45. The van der Waals surface area contributed by atoms with E-state index in [9.17, 15) is 9.90 Å². The average Bonchev–Trinajstić information content (AvgIpc) is 3.02. The molecule has 0 bridgehead atoms. The summed E-state index contributed by atoms with van der Waals surface area (Å²) < 4.78 is 5.07. The lowest BCUT2D eigenvalue weighted by atomic mass is 10.0. The molecule has 1 atom stereocenters. The van der Waals surface area contributed by atoms with Crippen LogP contribution in [0.15, 0.2) is 53.3 Å². The van der Waals surface area contributed by atoms with Crippen molar-refractivity contribution in [1.82, 2.24) is 15.6 Å². The first-order chi connectivity index (χ1) is 11.6. The zero-order valence-corrected chi connectivity index (χ0v) is 13.3. The maximum absolute atomic E-state index is 11.8. The Morgan fingerprint density at radius 1 is 1.21 bits per heavy atom. The third-order valence-electron chi connectivity index (χ3n) is 3.88. The normalized spacial score (nSPS) is 12.1. The number of aliphatic hydroxyl groups excluding tert-OH is 1. The number of hydrogen-bond donors (Lipinski definition) is 3. The van der Waals surface area contributed by atoms with E-state index in [0.29, 0.717) is 11.5 Å². The molecule has 0 spiro atoms. The van der Waals surface area contributed by atoms with Gasteiger partial charge in [-0.15, -0.1) is 0 Å². The Balaban J connectivity index is 1.53. The van der Waals surface area contributed by atoms with Crippen molar-refractivity contribution in [1.29, 1.82) is 0 Å². The van der Waals surface area contributed by atoms with Gasteiger partial charge in [-0.05, 0) is 29.3 Å². The molecule has 3 aromatic rings. The van der Waals surface area contributed by atoms with Gasteiger partial charge in [0.15, 0.2) is 6.39 Å². The maximum atomic E-state index is 11.8. The highest BCUT2D eigenvalue weighted by Crippen LogP contribution is 2.20. The second-order valence-corrected chi connectivity index (χ2v) is 5.54. The van der Waals surface area contributed by atoms with Crippen LogP contribution in [0.2, 0.25) is 0 Å². The number of rotatable bonds is 5. The van der Waals surface area contributed by atoms with E-state index in [-0.39, 0.29) is 19.1 Å². The van der Waals surface area contributed by atoms with Gasteiger partial charge >= 0.3 is 6.03 Å². The predicted octanol–water partition coefficient (Wildman–Crippen LogP) is 2.67. The van der Waals surface area contributed by atoms with Crippen molar-refractivity contribution in [3.8, 4) is 0 Å². The molecular weight excluding hydrogens is 306 g/mol. The van der Waals surface area contributed by atoms with Crippen molar-refractivity contribution >= 4 is 16.8 Å². The van der Waals surface area contributed by atoms with Crippen molar-refractivity contribution in [3.05, 3.63) is 65.9 Å². The van der Waals surface area contributed by atoms with Crippen molar-refractivity contribution in [2.75, 3.05) is 6.54 Å². The maximum Gasteiger partial charge on any atom is 0.315 e. The Morgan fingerprint density at radius 2 is 2.00 bits per heavy atom. The zero-order valence-electron chi connectivity index (χ0n) is 13.3. The average molecular weight is 325 g/mol. The largest absolute Gasteiger partial charge is 0.448 e. The molecule has 24 heavy (non-hydrogen) atoms. The Hall–Kier alpha value is -2.86. The first-order valence-electron chi connectivity index (χ1n) is 7.71. The second kappa shape index (κ2) is 7.14. The van der Waals surface area contributed by atoms with Gasteiger partial charge in [0.1, 0.15) is 11.5 Å². The molecule has 0 fully saturated rings. The van der Waals surface area contributed by atoms with E-state index < -0.39 is 6.10 Å². The van der Waals surface area contributed by atoms with E-state index >= 15 is 0 Å². The number of aliphatic hydroxyl groups is 1. The van der Waals surface area contributed by atoms with E-state index in [2.05, 4.69) is 15.6 Å². The molecule has 2 amide bonds. The number of aromatic nitrogens is 1. The third-order valence-corrected chi connectivity index (χ3v) is 3.88. The van der Waals surface area contributed by atoms with Crippen molar-refractivity contribution in [3.63, 3.8) is 0 Å². The Bertz CT molecular complexity index is 844. The lowest BCUT2D eigenvalue weighted by Gasteiger charge is -2.13. The Kier molecular flexibility index (Phi) is 4.77. The Labute approximate surface area is 139 Å². The molecule has 0 saturated heterocycles. The fraction of sp³-hybridized carbons (Fsp3) is 0.222. The lowest BCUT2D eigenvalue weighted by Crippen LogP contribution is -2.37. The quantitative estimate of drug-likeness (QED) is 0.673. The summed E-state index contributed by atoms with van der Waals surface area (Å²) in [6.45, 7) is 2.19. The van der Waals surface area contributed by atoms with Crippen molar-refractivity contribution < 1.29 is 14.3 Å². The smallest absolute Gasteiger partial charge is 0.315 e. The first-order valence-corrected chi connectivity index (χ1v) is 7.71. The molecule has 0 aliphatic heterocycles. The van der Waals surface area contributed by atoms with Crippen LogP contribution >= 0.6 is 0 Å². The SMILES string of the molecule is Cc1ocnc1CNC(=O)NCC(O)c1ccc2ccccc2c1. The van der Waals surface area contributed by atoms with Gasteiger partial charge in [0, 0.05) is 6.54 Å². The molecule has 124 valence electrons.